The lowest BCUT2D eigenvalue weighted by atomic mass is 10.0. The Kier molecular flexibility index (Phi) is 4.42. The fraction of sp³-hybridized carbons (Fsp3) is 0. The Balaban J connectivity index is 1.39. The number of anilines is 3. The van der Waals surface area contributed by atoms with E-state index in [9.17, 15) is 0 Å². The summed E-state index contributed by atoms with van der Waals surface area (Å²) in [6, 6.07) is 45.3. The first-order valence-electron chi connectivity index (χ1n) is 12.4. The van der Waals surface area contributed by atoms with Crippen molar-refractivity contribution in [2.45, 2.75) is 0 Å². The van der Waals surface area contributed by atoms with Crippen LogP contribution >= 0.6 is 11.3 Å². The maximum atomic E-state index is 6.45. The predicted octanol–water partition coefficient (Wildman–Crippen LogP) is 10.6. The van der Waals surface area contributed by atoms with Crippen LogP contribution in [-0.2, 0) is 0 Å². The van der Waals surface area contributed by atoms with Crippen molar-refractivity contribution < 1.29 is 4.42 Å². The van der Waals surface area contributed by atoms with Gasteiger partial charge in [-0.15, -0.1) is 11.3 Å². The second kappa shape index (κ2) is 7.95. The van der Waals surface area contributed by atoms with Crippen LogP contribution in [0.1, 0.15) is 0 Å². The molecule has 0 aliphatic carbocycles. The lowest BCUT2D eigenvalue weighted by Gasteiger charge is -2.25. The van der Waals surface area contributed by atoms with E-state index in [1.54, 1.807) is 0 Å². The fourth-order valence-electron chi connectivity index (χ4n) is 5.51. The summed E-state index contributed by atoms with van der Waals surface area (Å²) in [5, 5.41) is 7.38. The molecule has 37 heavy (non-hydrogen) atoms. The molecule has 0 aliphatic rings. The Bertz CT molecular complexity index is 2100. The van der Waals surface area contributed by atoms with E-state index in [1.165, 1.54) is 30.9 Å². The van der Waals surface area contributed by atoms with Crippen molar-refractivity contribution in [1.82, 2.24) is 0 Å². The average Bonchev–Trinajstić information content (AvgIpc) is 3.51. The molecule has 3 heteroatoms. The average molecular weight is 492 g/mol. The van der Waals surface area contributed by atoms with Gasteiger partial charge in [-0.1, -0.05) is 72.8 Å². The van der Waals surface area contributed by atoms with Gasteiger partial charge in [0.15, 0.2) is 5.58 Å². The van der Waals surface area contributed by atoms with Crippen LogP contribution in [0.3, 0.4) is 0 Å². The third kappa shape index (κ3) is 3.18. The Morgan fingerprint density at radius 3 is 2.19 bits per heavy atom. The maximum Gasteiger partial charge on any atom is 0.159 e. The molecule has 0 unspecified atom stereocenters. The minimum absolute atomic E-state index is 0.895. The van der Waals surface area contributed by atoms with Crippen LogP contribution in [0.2, 0.25) is 0 Å². The number of benzene rings is 6. The van der Waals surface area contributed by atoms with Gasteiger partial charge in [-0.05, 0) is 65.4 Å². The molecule has 0 N–H and O–H groups in total. The van der Waals surface area contributed by atoms with Crippen LogP contribution < -0.4 is 4.90 Å². The van der Waals surface area contributed by atoms with Gasteiger partial charge in [-0.25, -0.2) is 0 Å². The van der Waals surface area contributed by atoms with Crippen molar-refractivity contribution in [3.63, 3.8) is 0 Å². The largest absolute Gasteiger partial charge is 0.454 e. The van der Waals surface area contributed by atoms with Gasteiger partial charge in [0.1, 0.15) is 5.58 Å². The molecule has 0 saturated heterocycles. The van der Waals surface area contributed by atoms with E-state index in [0.717, 1.165) is 39.0 Å². The van der Waals surface area contributed by atoms with E-state index in [0.29, 0.717) is 0 Å². The van der Waals surface area contributed by atoms with Gasteiger partial charge >= 0.3 is 0 Å². The number of rotatable bonds is 3. The monoisotopic (exact) mass is 491 g/mol. The zero-order chi connectivity index (χ0) is 24.3. The minimum Gasteiger partial charge on any atom is -0.454 e. The summed E-state index contributed by atoms with van der Waals surface area (Å²) in [5.74, 6) is 0. The molecule has 2 nitrogen and oxygen atoms in total. The zero-order valence-electron chi connectivity index (χ0n) is 19.9. The normalized spacial score (nSPS) is 11.8. The lowest BCUT2D eigenvalue weighted by Crippen LogP contribution is -2.10. The molecule has 0 amide bonds. The Labute approximate surface area is 217 Å². The fourth-order valence-corrected chi connectivity index (χ4v) is 6.64. The number of nitrogens with zero attached hydrogens (tertiary/aromatic N) is 1. The Morgan fingerprint density at radius 2 is 1.27 bits per heavy atom. The molecule has 2 aromatic heterocycles. The second-order valence-corrected chi connectivity index (χ2v) is 10.5. The van der Waals surface area contributed by atoms with Crippen LogP contribution in [0.25, 0.3) is 52.9 Å². The van der Waals surface area contributed by atoms with Crippen molar-refractivity contribution in [3.8, 4) is 0 Å². The van der Waals surface area contributed by atoms with Gasteiger partial charge in [-0.2, -0.15) is 0 Å². The highest BCUT2D eigenvalue weighted by atomic mass is 32.1. The minimum atomic E-state index is 0.895. The van der Waals surface area contributed by atoms with Gasteiger partial charge in [0.2, 0.25) is 0 Å². The SMILES string of the molecule is c1ccc(N(c2ccc3cc4sc5ccccc5c4cc3c2)c2cccc3c2oc2ccccc23)cc1. The van der Waals surface area contributed by atoms with Crippen molar-refractivity contribution in [3.05, 3.63) is 127 Å². The Morgan fingerprint density at radius 1 is 0.486 bits per heavy atom. The number of thiophene rings is 1. The molecule has 8 aromatic rings. The number of hydrogen-bond donors (Lipinski definition) is 0. The van der Waals surface area contributed by atoms with E-state index >= 15 is 0 Å². The molecule has 0 spiro atoms. The molecule has 2 heterocycles. The first-order chi connectivity index (χ1) is 18.3. The summed E-state index contributed by atoms with van der Waals surface area (Å²) in [5.41, 5.74) is 5.03. The van der Waals surface area contributed by atoms with Crippen molar-refractivity contribution in [2.24, 2.45) is 0 Å². The molecule has 0 bridgehead atoms. The first-order valence-corrected chi connectivity index (χ1v) is 13.3. The van der Waals surface area contributed by atoms with Gasteiger partial charge < -0.3 is 9.32 Å². The smallest absolute Gasteiger partial charge is 0.159 e. The first kappa shape index (κ1) is 20.6. The summed E-state index contributed by atoms with van der Waals surface area (Å²) in [4.78, 5) is 2.31. The molecule has 0 radical (unpaired) electrons. The van der Waals surface area contributed by atoms with Crippen molar-refractivity contribution >= 4 is 81.3 Å². The standard InChI is InChI=1S/C34H21NOS/c1-2-9-24(10-3-1)35(30-14-8-13-28-26-11-4-6-15-31(26)36-34(28)30)25-18-17-22-21-33-29(20-23(22)19-25)27-12-5-7-16-32(27)37-33/h1-21H. The van der Waals surface area contributed by atoms with Crippen LogP contribution in [0, 0.1) is 0 Å². The summed E-state index contributed by atoms with van der Waals surface area (Å²) < 4.78 is 9.11. The van der Waals surface area contributed by atoms with Gasteiger partial charge in [-0.3, -0.25) is 0 Å². The number of para-hydroxylation sites is 3. The van der Waals surface area contributed by atoms with E-state index in [-0.39, 0.29) is 0 Å². The zero-order valence-corrected chi connectivity index (χ0v) is 20.7. The van der Waals surface area contributed by atoms with Gasteiger partial charge in [0.25, 0.3) is 0 Å². The van der Waals surface area contributed by atoms with Crippen LogP contribution in [0.5, 0.6) is 0 Å². The third-order valence-corrected chi connectivity index (χ3v) is 8.35. The second-order valence-electron chi connectivity index (χ2n) is 9.40. The predicted molar refractivity (Wildman–Crippen MR) is 159 cm³/mol. The molecule has 0 atom stereocenters. The van der Waals surface area contributed by atoms with E-state index in [1.807, 2.05) is 23.5 Å². The van der Waals surface area contributed by atoms with Crippen LogP contribution in [0.15, 0.2) is 132 Å². The van der Waals surface area contributed by atoms with E-state index in [4.69, 9.17) is 4.42 Å². The van der Waals surface area contributed by atoms with Crippen LogP contribution in [0.4, 0.5) is 17.1 Å². The highest BCUT2D eigenvalue weighted by Gasteiger charge is 2.19. The summed E-state index contributed by atoms with van der Waals surface area (Å²) in [6.07, 6.45) is 0. The van der Waals surface area contributed by atoms with Crippen molar-refractivity contribution in [1.29, 1.82) is 0 Å². The van der Waals surface area contributed by atoms with Crippen LogP contribution in [-0.4, -0.2) is 0 Å². The summed E-state index contributed by atoms with van der Waals surface area (Å²) in [7, 11) is 0. The number of furan rings is 1. The molecule has 174 valence electrons. The molecule has 8 rings (SSSR count). The van der Waals surface area contributed by atoms with E-state index < -0.39 is 0 Å². The van der Waals surface area contributed by atoms with Gasteiger partial charge in [0, 0.05) is 42.3 Å². The number of hydrogen-bond acceptors (Lipinski definition) is 3. The molecule has 0 fully saturated rings. The molecular weight excluding hydrogens is 470 g/mol. The summed E-state index contributed by atoms with van der Waals surface area (Å²) >= 11 is 1.86. The molecule has 0 aliphatic heterocycles. The Hall–Kier alpha value is -4.60. The summed E-state index contributed by atoms with van der Waals surface area (Å²) in [6.45, 7) is 0. The van der Waals surface area contributed by atoms with Crippen molar-refractivity contribution in [2.75, 3.05) is 4.90 Å². The quantitative estimate of drug-likeness (QED) is 0.244. The highest BCUT2D eigenvalue weighted by Crippen LogP contribution is 2.43. The highest BCUT2D eigenvalue weighted by molar-refractivity contribution is 7.25. The van der Waals surface area contributed by atoms with E-state index in [2.05, 4.69) is 120 Å². The topological polar surface area (TPSA) is 16.4 Å². The third-order valence-electron chi connectivity index (χ3n) is 7.22. The number of fused-ring (bicyclic) bond motifs is 7. The molecule has 0 saturated carbocycles. The lowest BCUT2D eigenvalue weighted by molar-refractivity contribution is 0.669. The molecular formula is C34H21NOS. The maximum absolute atomic E-state index is 6.45. The molecule has 6 aromatic carbocycles. The van der Waals surface area contributed by atoms with Gasteiger partial charge in [0.05, 0.1) is 5.69 Å².